The normalized spacial score (nSPS) is 16.0. The average Bonchev–Trinajstić information content (AvgIpc) is 3.55. The van der Waals surface area contributed by atoms with Gasteiger partial charge in [-0.15, -0.1) is 35.3 Å². The van der Waals surface area contributed by atoms with Crippen molar-refractivity contribution < 1.29 is 8.83 Å². The van der Waals surface area contributed by atoms with E-state index in [1.54, 1.807) is 23.9 Å². The van der Waals surface area contributed by atoms with Crippen LogP contribution in [0.4, 0.5) is 0 Å². The molecule has 1 aliphatic heterocycles. The van der Waals surface area contributed by atoms with E-state index in [9.17, 15) is 0 Å². The quantitative estimate of drug-likeness (QED) is 0.234. The molecule has 3 aromatic rings. The Kier molecular flexibility index (Phi) is 9.41. The zero-order valence-corrected chi connectivity index (χ0v) is 20.9. The first-order chi connectivity index (χ1) is 14.8. The topological polar surface area (TPSA) is 78.8 Å². The van der Waals surface area contributed by atoms with Gasteiger partial charge in [0.2, 0.25) is 5.89 Å². The number of nitrogens with one attached hydrogen (secondary N) is 2. The van der Waals surface area contributed by atoms with Gasteiger partial charge in [0.1, 0.15) is 17.7 Å². The van der Waals surface area contributed by atoms with E-state index >= 15 is 0 Å². The van der Waals surface area contributed by atoms with Crippen molar-refractivity contribution in [1.82, 2.24) is 20.5 Å². The molecule has 0 radical (unpaired) electrons. The molecular formula is C22H30IN5O2S. The molecule has 0 saturated carbocycles. The molecule has 1 fully saturated rings. The third-order valence-electron chi connectivity index (χ3n) is 5.19. The maximum absolute atomic E-state index is 5.75. The zero-order chi connectivity index (χ0) is 20.6. The molecule has 1 aliphatic rings. The number of piperidine rings is 1. The van der Waals surface area contributed by atoms with Crippen molar-refractivity contribution in [3.8, 4) is 10.8 Å². The van der Waals surface area contributed by atoms with Crippen molar-refractivity contribution in [2.45, 2.75) is 38.8 Å². The molecule has 0 spiro atoms. The largest absolute Gasteiger partial charge is 0.468 e. The van der Waals surface area contributed by atoms with Crippen LogP contribution in [0.3, 0.4) is 0 Å². The Morgan fingerprint density at radius 3 is 2.77 bits per heavy atom. The van der Waals surface area contributed by atoms with Gasteiger partial charge in [0, 0.05) is 13.1 Å². The van der Waals surface area contributed by atoms with Gasteiger partial charge in [0.05, 0.1) is 23.7 Å². The number of aromatic nitrogens is 1. The summed E-state index contributed by atoms with van der Waals surface area (Å²) in [6.07, 6.45) is 7.22. The molecule has 0 aromatic carbocycles. The fourth-order valence-corrected chi connectivity index (χ4v) is 4.36. The maximum Gasteiger partial charge on any atom is 0.236 e. The third kappa shape index (κ3) is 6.56. The molecule has 9 heteroatoms. The fraction of sp³-hybridized carbons (Fsp3) is 0.455. The second kappa shape index (κ2) is 12.3. The van der Waals surface area contributed by atoms with Crippen LogP contribution in [0.5, 0.6) is 0 Å². The number of hydrogen-bond donors (Lipinski definition) is 2. The summed E-state index contributed by atoms with van der Waals surface area (Å²) in [5.74, 6) is 2.42. The minimum atomic E-state index is 0. The van der Waals surface area contributed by atoms with E-state index in [1.807, 2.05) is 23.6 Å². The van der Waals surface area contributed by atoms with Crippen molar-refractivity contribution in [3.63, 3.8) is 0 Å². The van der Waals surface area contributed by atoms with Gasteiger partial charge in [0.15, 0.2) is 5.96 Å². The smallest absolute Gasteiger partial charge is 0.236 e. The van der Waals surface area contributed by atoms with Crippen LogP contribution in [-0.2, 0) is 6.54 Å². The van der Waals surface area contributed by atoms with Crippen LogP contribution in [0.2, 0.25) is 0 Å². The van der Waals surface area contributed by atoms with Crippen LogP contribution in [0.1, 0.15) is 43.7 Å². The lowest BCUT2D eigenvalue weighted by Gasteiger charge is -2.33. The molecule has 1 saturated heterocycles. The molecular weight excluding hydrogens is 525 g/mol. The lowest BCUT2D eigenvalue weighted by Crippen LogP contribution is -2.44. The number of guanidine groups is 1. The Balaban J connectivity index is 0.00000272. The van der Waals surface area contributed by atoms with E-state index in [2.05, 4.69) is 33.5 Å². The molecule has 4 rings (SSSR count). The summed E-state index contributed by atoms with van der Waals surface area (Å²) in [7, 11) is 0. The van der Waals surface area contributed by atoms with Crippen LogP contribution in [-0.4, -0.2) is 42.0 Å². The van der Waals surface area contributed by atoms with Gasteiger partial charge in [0.25, 0.3) is 0 Å². The first-order valence-corrected chi connectivity index (χ1v) is 11.5. The van der Waals surface area contributed by atoms with Gasteiger partial charge in [-0.1, -0.05) is 12.5 Å². The number of thiophene rings is 1. The Labute approximate surface area is 204 Å². The lowest BCUT2D eigenvalue weighted by molar-refractivity contribution is 0.146. The summed E-state index contributed by atoms with van der Waals surface area (Å²) < 4.78 is 11.3. The van der Waals surface area contributed by atoms with Crippen molar-refractivity contribution >= 4 is 41.3 Å². The second-order valence-electron chi connectivity index (χ2n) is 7.33. The minimum Gasteiger partial charge on any atom is -0.468 e. The number of likely N-dealkylation sites (tertiary alicyclic amines) is 1. The van der Waals surface area contributed by atoms with Gasteiger partial charge in [-0.25, -0.2) is 9.98 Å². The minimum absolute atomic E-state index is 0. The van der Waals surface area contributed by atoms with Crippen LogP contribution < -0.4 is 10.6 Å². The molecule has 2 N–H and O–H groups in total. The van der Waals surface area contributed by atoms with Gasteiger partial charge >= 0.3 is 0 Å². The fourth-order valence-electron chi connectivity index (χ4n) is 3.71. The summed E-state index contributed by atoms with van der Waals surface area (Å²) in [5.41, 5.74) is 0.814. The average molecular weight is 555 g/mol. The summed E-state index contributed by atoms with van der Waals surface area (Å²) in [6.45, 7) is 6.26. The highest BCUT2D eigenvalue weighted by molar-refractivity contribution is 14.0. The van der Waals surface area contributed by atoms with E-state index in [0.29, 0.717) is 12.4 Å². The number of aliphatic imine (C=N–C) groups is 1. The van der Waals surface area contributed by atoms with Crippen molar-refractivity contribution in [2.24, 2.45) is 4.99 Å². The summed E-state index contributed by atoms with van der Waals surface area (Å²) >= 11 is 1.62. The first-order valence-electron chi connectivity index (χ1n) is 10.6. The number of nitrogens with zero attached hydrogens (tertiary/aromatic N) is 3. The van der Waals surface area contributed by atoms with Crippen molar-refractivity contribution in [2.75, 3.05) is 26.2 Å². The van der Waals surface area contributed by atoms with Crippen LogP contribution in [0.25, 0.3) is 10.8 Å². The Hall–Kier alpha value is -1.85. The Morgan fingerprint density at radius 2 is 2.06 bits per heavy atom. The van der Waals surface area contributed by atoms with E-state index in [-0.39, 0.29) is 30.0 Å². The number of hydrogen-bond acceptors (Lipinski definition) is 6. The summed E-state index contributed by atoms with van der Waals surface area (Å²) in [4.78, 5) is 12.8. The molecule has 0 bridgehead atoms. The number of oxazole rings is 1. The van der Waals surface area contributed by atoms with Crippen molar-refractivity contribution in [3.05, 3.63) is 53.6 Å². The number of furan rings is 1. The SMILES string of the molecule is CCNC(=NCc1coc(-c2cccs2)n1)NCC(c1ccco1)N1CCCCC1.I. The first kappa shape index (κ1) is 23.8. The third-order valence-corrected chi connectivity index (χ3v) is 6.05. The molecule has 4 heterocycles. The highest BCUT2D eigenvalue weighted by atomic mass is 127. The highest BCUT2D eigenvalue weighted by Crippen LogP contribution is 2.25. The summed E-state index contributed by atoms with van der Waals surface area (Å²) in [5, 5.41) is 8.83. The second-order valence-corrected chi connectivity index (χ2v) is 8.27. The van der Waals surface area contributed by atoms with E-state index < -0.39 is 0 Å². The van der Waals surface area contributed by atoms with E-state index in [0.717, 1.165) is 48.5 Å². The molecule has 1 atom stereocenters. The zero-order valence-electron chi connectivity index (χ0n) is 17.8. The molecule has 168 valence electrons. The van der Waals surface area contributed by atoms with E-state index in [4.69, 9.17) is 13.8 Å². The molecule has 0 aliphatic carbocycles. The monoisotopic (exact) mass is 555 g/mol. The summed E-state index contributed by atoms with van der Waals surface area (Å²) in [6, 6.07) is 8.22. The van der Waals surface area contributed by atoms with Gasteiger partial charge in [-0.2, -0.15) is 0 Å². The molecule has 1 unspecified atom stereocenters. The van der Waals surface area contributed by atoms with Crippen LogP contribution in [0.15, 0.2) is 56.0 Å². The van der Waals surface area contributed by atoms with Crippen LogP contribution in [0, 0.1) is 0 Å². The molecule has 7 nitrogen and oxygen atoms in total. The van der Waals surface area contributed by atoms with Crippen molar-refractivity contribution in [1.29, 1.82) is 0 Å². The predicted molar refractivity (Wildman–Crippen MR) is 135 cm³/mol. The molecule has 31 heavy (non-hydrogen) atoms. The van der Waals surface area contributed by atoms with Crippen LogP contribution >= 0.6 is 35.3 Å². The highest BCUT2D eigenvalue weighted by Gasteiger charge is 2.24. The van der Waals surface area contributed by atoms with Gasteiger partial charge in [-0.05, 0) is 56.4 Å². The molecule has 3 aromatic heterocycles. The lowest BCUT2D eigenvalue weighted by atomic mass is 10.1. The van der Waals surface area contributed by atoms with Gasteiger partial charge in [-0.3, -0.25) is 4.90 Å². The Bertz CT molecular complexity index is 904. The van der Waals surface area contributed by atoms with E-state index in [1.165, 1.54) is 19.3 Å². The Morgan fingerprint density at radius 1 is 1.19 bits per heavy atom. The maximum atomic E-state index is 5.75. The van der Waals surface area contributed by atoms with Gasteiger partial charge < -0.3 is 19.5 Å². The predicted octanol–water partition coefficient (Wildman–Crippen LogP) is 4.90. The number of rotatable bonds is 8. The standard InChI is InChI=1S/C22H29N5O2S.HI/c1-2-23-22(24-14-17-16-29-21(26-17)20-9-7-13-30-20)25-15-18(19-8-6-12-28-19)27-10-4-3-5-11-27;/h6-9,12-13,16,18H,2-5,10-11,14-15H2,1H3,(H2,23,24,25);1H. The number of halogens is 1. The molecule has 0 amide bonds.